The van der Waals surface area contributed by atoms with Crippen LogP contribution in [-0.2, 0) is 22.4 Å². The van der Waals surface area contributed by atoms with Gasteiger partial charge in [0.2, 0.25) is 11.8 Å². The van der Waals surface area contributed by atoms with Gasteiger partial charge in [0, 0.05) is 12.1 Å². The second-order valence-corrected chi connectivity index (χ2v) is 7.24. The number of hydrogen-bond acceptors (Lipinski definition) is 3. The van der Waals surface area contributed by atoms with Crippen molar-refractivity contribution in [3.63, 3.8) is 0 Å². The van der Waals surface area contributed by atoms with Gasteiger partial charge in [-0.25, -0.2) is 0 Å². The molecule has 3 N–H and O–H groups in total. The fourth-order valence-corrected chi connectivity index (χ4v) is 2.69. The number of carbonyl (C=O) groups excluding carboxylic acids is 2. The number of aliphatic hydroxyl groups is 1. The summed E-state index contributed by atoms with van der Waals surface area (Å²) in [4.78, 5) is 23.3. The summed E-state index contributed by atoms with van der Waals surface area (Å²) < 4.78 is 0. The normalized spacial score (nSPS) is 15.0. The van der Waals surface area contributed by atoms with E-state index in [-0.39, 0.29) is 29.9 Å². The van der Waals surface area contributed by atoms with E-state index in [4.69, 9.17) is 0 Å². The van der Waals surface area contributed by atoms with Crippen LogP contribution in [0.2, 0.25) is 0 Å². The molecule has 1 aromatic rings. The summed E-state index contributed by atoms with van der Waals surface area (Å²) in [5.74, 6) is 0.00531. The van der Waals surface area contributed by atoms with Crippen molar-refractivity contribution < 1.29 is 14.7 Å². The zero-order valence-electron chi connectivity index (χ0n) is 14.1. The summed E-state index contributed by atoms with van der Waals surface area (Å²) >= 11 is 0. The van der Waals surface area contributed by atoms with Crippen molar-refractivity contribution in [2.45, 2.75) is 52.5 Å². The quantitative estimate of drug-likeness (QED) is 0.751. The van der Waals surface area contributed by atoms with Gasteiger partial charge in [-0.1, -0.05) is 32.9 Å². The van der Waals surface area contributed by atoms with E-state index in [1.807, 2.05) is 39.0 Å². The second kappa shape index (κ2) is 7.13. The molecule has 1 heterocycles. The molecule has 1 aromatic carbocycles. The molecule has 0 radical (unpaired) electrons. The first kappa shape index (κ1) is 17.5. The number of rotatable bonds is 6. The number of fused-ring (bicyclic) bond motifs is 1. The standard InChI is InChI=1S/C18H26N2O3/c1-18(2,3)15(11-21)20-16(22)6-4-5-12-7-8-14-13(9-12)10-17(23)19-14/h7-9,15,21H,4-6,10-11H2,1-3H3,(H,19,23)(H,20,22)/t15-/m1/s1. The van der Waals surface area contributed by atoms with E-state index in [1.165, 1.54) is 0 Å². The fourth-order valence-electron chi connectivity index (χ4n) is 2.69. The average molecular weight is 318 g/mol. The van der Waals surface area contributed by atoms with Gasteiger partial charge < -0.3 is 15.7 Å². The predicted octanol–water partition coefficient (Wildman–Crippen LogP) is 2.03. The largest absolute Gasteiger partial charge is 0.394 e. The summed E-state index contributed by atoms with van der Waals surface area (Å²) in [6.07, 6.45) is 2.41. The smallest absolute Gasteiger partial charge is 0.228 e. The molecule has 2 amide bonds. The predicted molar refractivity (Wildman–Crippen MR) is 90.2 cm³/mol. The molecule has 0 unspecified atom stereocenters. The van der Waals surface area contributed by atoms with Gasteiger partial charge in [0.05, 0.1) is 19.1 Å². The zero-order chi connectivity index (χ0) is 17.0. The number of hydrogen-bond donors (Lipinski definition) is 3. The molecule has 0 saturated heterocycles. The highest BCUT2D eigenvalue weighted by atomic mass is 16.3. The van der Waals surface area contributed by atoms with Crippen molar-refractivity contribution in [3.05, 3.63) is 29.3 Å². The van der Waals surface area contributed by atoms with Crippen LogP contribution in [0.5, 0.6) is 0 Å². The molecule has 5 nitrogen and oxygen atoms in total. The molecule has 1 aliphatic heterocycles. The van der Waals surface area contributed by atoms with Gasteiger partial charge in [-0.15, -0.1) is 0 Å². The van der Waals surface area contributed by atoms with Gasteiger partial charge in [0.1, 0.15) is 0 Å². The Balaban J connectivity index is 1.80. The van der Waals surface area contributed by atoms with Crippen LogP contribution in [0.3, 0.4) is 0 Å². The molecular formula is C18H26N2O3. The molecule has 0 aliphatic carbocycles. The van der Waals surface area contributed by atoms with E-state index in [0.29, 0.717) is 12.8 Å². The van der Waals surface area contributed by atoms with Crippen LogP contribution < -0.4 is 10.6 Å². The molecule has 126 valence electrons. The van der Waals surface area contributed by atoms with Crippen LogP contribution in [-0.4, -0.2) is 29.6 Å². The molecule has 0 aromatic heterocycles. The minimum absolute atomic E-state index is 0.0306. The molecule has 0 saturated carbocycles. The lowest BCUT2D eigenvalue weighted by Gasteiger charge is -2.29. The Labute approximate surface area is 137 Å². The lowest BCUT2D eigenvalue weighted by molar-refractivity contribution is -0.123. The molecule has 0 bridgehead atoms. The molecular weight excluding hydrogens is 292 g/mol. The topological polar surface area (TPSA) is 78.4 Å². The first-order chi connectivity index (χ1) is 10.8. The number of aliphatic hydroxyl groups excluding tert-OH is 1. The van der Waals surface area contributed by atoms with Crippen molar-refractivity contribution in [2.24, 2.45) is 5.41 Å². The number of amides is 2. The van der Waals surface area contributed by atoms with Gasteiger partial charge in [-0.2, -0.15) is 0 Å². The Morgan fingerprint density at radius 3 is 2.78 bits per heavy atom. The third-order valence-electron chi connectivity index (χ3n) is 4.23. The van der Waals surface area contributed by atoms with Crippen molar-refractivity contribution >= 4 is 17.5 Å². The van der Waals surface area contributed by atoms with Crippen LogP contribution in [0.1, 0.15) is 44.7 Å². The number of nitrogens with one attached hydrogen (secondary N) is 2. The second-order valence-electron chi connectivity index (χ2n) is 7.24. The summed E-state index contributed by atoms with van der Waals surface area (Å²) in [5, 5.41) is 15.1. The summed E-state index contributed by atoms with van der Waals surface area (Å²) in [7, 11) is 0. The highest BCUT2D eigenvalue weighted by Crippen LogP contribution is 2.24. The van der Waals surface area contributed by atoms with Crippen LogP contribution in [0, 0.1) is 5.41 Å². The molecule has 23 heavy (non-hydrogen) atoms. The van der Waals surface area contributed by atoms with Crippen molar-refractivity contribution in [2.75, 3.05) is 11.9 Å². The number of anilines is 1. The summed E-state index contributed by atoms with van der Waals surface area (Å²) in [5.41, 5.74) is 2.91. The molecule has 1 aliphatic rings. The molecule has 1 atom stereocenters. The van der Waals surface area contributed by atoms with Crippen LogP contribution >= 0.6 is 0 Å². The Bertz CT molecular complexity index is 590. The molecule has 2 rings (SSSR count). The molecule has 0 fully saturated rings. The van der Waals surface area contributed by atoms with Crippen LogP contribution in [0.4, 0.5) is 5.69 Å². The van der Waals surface area contributed by atoms with Crippen LogP contribution in [0.15, 0.2) is 18.2 Å². The lowest BCUT2D eigenvalue weighted by atomic mass is 9.87. The van der Waals surface area contributed by atoms with E-state index >= 15 is 0 Å². The monoisotopic (exact) mass is 318 g/mol. The Morgan fingerprint density at radius 2 is 2.13 bits per heavy atom. The van der Waals surface area contributed by atoms with E-state index < -0.39 is 0 Å². The first-order valence-electron chi connectivity index (χ1n) is 8.11. The van der Waals surface area contributed by atoms with Crippen molar-refractivity contribution in [1.82, 2.24) is 5.32 Å². The Morgan fingerprint density at radius 1 is 1.39 bits per heavy atom. The summed E-state index contributed by atoms with van der Waals surface area (Å²) in [6.45, 7) is 5.93. The van der Waals surface area contributed by atoms with Gasteiger partial charge in [-0.3, -0.25) is 9.59 Å². The molecule has 5 heteroatoms. The zero-order valence-corrected chi connectivity index (χ0v) is 14.1. The van der Waals surface area contributed by atoms with E-state index in [0.717, 1.165) is 29.7 Å². The number of benzene rings is 1. The van der Waals surface area contributed by atoms with E-state index in [9.17, 15) is 14.7 Å². The third kappa shape index (κ3) is 4.79. The third-order valence-corrected chi connectivity index (χ3v) is 4.23. The van der Waals surface area contributed by atoms with Crippen LogP contribution in [0.25, 0.3) is 0 Å². The van der Waals surface area contributed by atoms with Crippen molar-refractivity contribution in [1.29, 1.82) is 0 Å². The highest BCUT2D eigenvalue weighted by Gasteiger charge is 2.25. The van der Waals surface area contributed by atoms with Gasteiger partial charge in [0.15, 0.2) is 0 Å². The van der Waals surface area contributed by atoms with Gasteiger partial charge >= 0.3 is 0 Å². The van der Waals surface area contributed by atoms with Crippen molar-refractivity contribution in [3.8, 4) is 0 Å². The van der Waals surface area contributed by atoms with E-state index in [1.54, 1.807) is 0 Å². The SMILES string of the molecule is CC(C)(C)[C@@H](CO)NC(=O)CCCc1ccc2c(c1)CC(=O)N2. The minimum atomic E-state index is -0.230. The average Bonchev–Trinajstić information content (AvgIpc) is 2.82. The maximum atomic E-state index is 12.0. The Kier molecular flexibility index (Phi) is 5.42. The van der Waals surface area contributed by atoms with E-state index in [2.05, 4.69) is 10.6 Å². The maximum absolute atomic E-state index is 12.0. The summed E-state index contributed by atoms with van der Waals surface area (Å²) in [6, 6.07) is 5.73. The molecule has 0 spiro atoms. The number of aryl methyl sites for hydroxylation is 1. The van der Waals surface area contributed by atoms with Gasteiger partial charge in [0.25, 0.3) is 0 Å². The first-order valence-corrected chi connectivity index (χ1v) is 8.11. The highest BCUT2D eigenvalue weighted by molar-refractivity contribution is 5.99. The Hall–Kier alpha value is -1.88. The minimum Gasteiger partial charge on any atom is -0.394 e. The fraction of sp³-hybridized carbons (Fsp3) is 0.556. The van der Waals surface area contributed by atoms with Gasteiger partial charge in [-0.05, 0) is 35.4 Å². The lowest BCUT2D eigenvalue weighted by Crippen LogP contribution is -2.46. The maximum Gasteiger partial charge on any atom is 0.228 e. The number of carbonyl (C=O) groups is 2.